The zero-order chi connectivity index (χ0) is 13.9. The standard InChI is InChI=1S/C17H23NO2/c1-13-6-8-14(9-7-13)16-12-18(10-11-20-16)17(19)15-4-2-3-5-15/h6-9,15-16H,2-5,10-12H2,1H3. The molecule has 0 spiro atoms. The van der Waals surface area contributed by atoms with E-state index in [0.717, 1.165) is 19.4 Å². The monoisotopic (exact) mass is 273 g/mol. The first-order chi connectivity index (χ1) is 9.74. The van der Waals surface area contributed by atoms with Crippen LogP contribution in [0.4, 0.5) is 0 Å². The molecule has 1 aromatic rings. The van der Waals surface area contributed by atoms with E-state index in [4.69, 9.17) is 4.74 Å². The molecule has 2 fully saturated rings. The van der Waals surface area contributed by atoms with Gasteiger partial charge in [-0.3, -0.25) is 4.79 Å². The smallest absolute Gasteiger partial charge is 0.225 e. The van der Waals surface area contributed by atoms with Crippen molar-refractivity contribution in [3.63, 3.8) is 0 Å². The Kier molecular flexibility index (Phi) is 4.06. The summed E-state index contributed by atoms with van der Waals surface area (Å²) in [5, 5.41) is 0. The Balaban J connectivity index is 1.66. The van der Waals surface area contributed by atoms with Crippen LogP contribution in [0, 0.1) is 12.8 Å². The average Bonchev–Trinajstić information content (AvgIpc) is 3.01. The van der Waals surface area contributed by atoms with Gasteiger partial charge in [0.2, 0.25) is 5.91 Å². The molecule has 0 bridgehead atoms. The molecular weight excluding hydrogens is 250 g/mol. The molecule has 1 saturated carbocycles. The quantitative estimate of drug-likeness (QED) is 0.828. The maximum absolute atomic E-state index is 12.5. The van der Waals surface area contributed by atoms with E-state index in [-0.39, 0.29) is 12.0 Å². The maximum atomic E-state index is 12.5. The van der Waals surface area contributed by atoms with Gasteiger partial charge in [-0.2, -0.15) is 0 Å². The first-order valence-electron chi connectivity index (χ1n) is 7.71. The number of hydrogen-bond acceptors (Lipinski definition) is 2. The van der Waals surface area contributed by atoms with Crippen LogP contribution in [0.25, 0.3) is 0 Å². The van der Waals surface area contributed by atoms with Crippen molar-refractivity contribution in [3.8, 4) is 0 Å². The zero-order valence-corrected chi connectivity index (χ0v) is 12.2. The normalized spacial score (nSPS) is 24.1. The highest BCUT2D eigenvalue weighted by Crippen LogP contribution is 2.29. The molecule has 0 N–H and O–H groups in total. The van der Waals surface area contributed by atoms with Gasteiger partial charge in [0, 0.05) is 12.5 Å². The van der Waals surface area contributed by atoms with Crippen molar-refractivity contribution < 1.29 is 9.53 Å². The summed E-state index contributed by atoms with van der Waals surface area (Å²) in [7, 11) is 0. The van der Waals surface area contributed by atoms with Crippen molar-refractivity contribution in [3.05, 3.63) is 35.4 Å². The maximum Gasteiger partial charge on any atom is 0.225 e. The number of hydrogen-bond donors (Lipinski definition) is 0. The van der Waals surface area contributed by atoms with Crippen molar-refractivity contribution >= 4 is 5.91 Å². The molecule has 1 aliphatic heterocycles. The summed E-state index contributed by atoms with van der Waals surface area (Å²) in [5.41, 5.74) is 2.43. The molecule has 1 aromatic carbocycles. The molecule has 3 heteroatoms. The molecular formula is C17H23NO2. The zero-order valence-electron chi connectivity index (χ0n) is 12.2. The fraction of sp³-hybridized carbons (Fsp3) is 0.588. The largest absolute Gasteiger partial charge is 0.370 e. The van der Waals surface area contributed by atoms with Crippen LogP contribution in [0.1, 0.15) is 42.9 Å². The van der Waals surface area contributed by atoms with Gasteiger partial charge in [-0.15, -0.1) is 0 Å². The number of carbonyl (C=O) groups excluding carboxylic acids is 1. The molecule has 3 rings (SSSR count). The predicted octanol–water partition coefficient (Wildman–Crippen LogP) is 3.09. The topological polar surface area (TPSA) is 29.5 Å². The fourth-order valence-corrected chi connectivity index (χ4v) is 3.26. The van der Waals surface area contributed by atoms with Gasteiger partial charge in [0.25, 0.3) is 0 Å². The van der Waals surface area contributed by atoms with Gasteiger partial charge in [-0.25, -0.2) is 0 Å². The number of carbonyl (C=O) groups is 1. The van der Waals surface area contributed by atoms with Crippen molar-refractivity contribution in [2.75, 3.05) is 19.7 Å². The average molecular weight is 273 g/mol. The van der Waals surface area contributed by atoms with Gasteiger partial charge >= 0.3 is 0 Å². The van der Waals surface area contributed by atoms with Gasteiger partial charge in [0.1, 0.15) is 6.10 Å². The molecule has 1 saturated heterocycles. The number of rotatable bonds is 2. The highest BCUT2D eigenvalue weighted by molar-refractivity contribution is 5.79. The summed E-state index contributed by atoms with van der Waals surface area (Å²) in [6, 6.07) is 8.44. The Labute approximate surface area is 120 Å². The lowest BCUT2D eigenvalue weighted by atomic mass is 10.0. The number of ether oxygens (including phenoxy) is 1. The van der Waals surface area contributed by atoms with Crippen LogP contribution < -0.4 is 0 Å². The summed E-state index contributed by atoms with van der Waals surface area (Å²) in [5.74, 6) is 0.620. The summed E-state index contributed by atoms with van der Waals surface area (Å²) in [6.07, 6.45) is 4.61. The van der Waals surface area contributed by atoms with Crippen LogP contribution in [0.5, 0.6) is 0 Å². The van der Waals surface area contributed by atoms with Gasteiger partial charge in [-0.1, -0.05) is 42.7 Å². The fourth-order valence-electron chi connectivity index (χ4n) is 3.26. The van der Waals surface area contributed by atoms with Crippen LogP contribution in [0.15, 0.2) is 24.3 Å². The summed E-state index contributed by atoms with van der Waals surface area (Å²) >= 11 is 0. The molecule has 1 amide bonds. The summed E-state index contributed by atoms with van der Waals surface area (Å²) in [4.78, 5) is 14.5. The molecule has 0 radical (unpaired) electrons. The van der Waals surface area contributed by atoms with Crippen LogP contribution in [-0.4, -0.2) is 30.5 Å². The van der Waals surface area contributed by atoms with E-state index in [1.54, 1.807) is 0 Å². The lowest BCUT2D eigenvalue weighted by Gasteiger charge is -2.34. The minimum Gasteiger partial charge on any atom is -0.370 e. The Morgan fingerprint density at radius 2 is 1.90 bits per heavy atom. The number of morpholine rings is 1. The minimum atomic E-state index is 0.0368. The van der Waals surface area contributed by atoms with E-state index < -0.39 is 0 Å². The van der Waals surface area contributed by atoms with E-state index in [1.807, 2.05) is 4.90 Å². The first kappa shape index (κ1) is 13.6. The number of nitrogens with zero attached hydrogens (tertiary/aromatic N) is 1. The third-order valence-corrected chi connectivity index (χ3v) is 4.53. The Bertz CT molecular complexity index is 462. The third-order valence-electron chi connectivity index (χ3n) is 4.53. The van der Waals surface area contributed by atoms with Crippen LogP contribution in [-0.2, 0) is 9.53 Å². The van der Waals surface area contributed by atoms with Gasteiger partial charge in [-0.05, 0) is 25.3 Å². The van der Waals surface area contributed by atoms with Crippen molar-refractivity contribution in [2.24, 2.45) is 5.92 Å². The number of benzene rings is 1. The Morgan fingerprint density at radius 1 is 1.20 bits per heavy atom. The molecule has 1 atom stereocenters. The van der Waals surface area contributed by atoms with Crippen molar-refractivity contribution in [1.29, 1.82) is 0 Å². The lowest BCUT2D eigenvalue weighted by Crippen LogP contribution is -2.44. The molecule has 1 unspecified atom stereocenters. The van der Waals surface area contributed by atoms with Crippen molar-refractivity contribution in [1.82, 2.24) is 4.90 Å². The predicted molar refractivity (Wildman–Crippen MR) is 78.4 cm³/mol. The SMILES string of the molecule is Cc1ccc(C2CN(C(=O)C3CCCC3)CCO2)cc1. The first-order valence-corrected chi connectivity index (χ1v) is 7.71. The minimum absolute atomic E-state index is 0.0368. The second-order valence-electron chi connectivity index (χ2n) is 6.04. The van der Waals surface area contributed by atoms with E-state index in [2.05, 4.69) is 31.2 Å². The lowest BCUT2D eigenvalue weighted by molar-refractivity contribution is -0.143. The molecule has 1 aliphatic carbocycles. The van der Waals surface area contributed by atoms with E-state index >= 15 is 0 Å². The second-order valence-corrected chi connectivity index (χ2v) is 6.04. The van der Waals surface area contributed by atoms with E-state index in [0.29, 0.717) is 19.1 Å². The molecule has 1 heterocycles. The molecule has 3 nitrogen and oxygen atoms in total. The van der Waals surface area contributed by atoms with Crippen LogP contribution in [0.3, 0.4) is 0 Å². The number of aryl methyl sites for hydroxylation is 1. The van der Waals surface area contributed by atoms with Crippen molar-refractivity contribution in [2.45, 2.75) is 38.7 Å². The highest BCUT2D eigenvalue weighted by Gasteiger charge is 2.31. The van der Waals surface area contributed by atoms with Gasteiger partial charge in [0.15, 0.2) is 0 Å². The second kappa shape index (κ2) is 5.96. The van der Waals surface area contributed by atoms with E-state index in [9.17, 15) is 4.79 Å². The van der Waals surface area contributed by atoms with E-state index in [1.165, 1.54) is 24.0 Å². The Morgan fingerprint density at radius 3 is 2.60 bits per heavy atom. The number of amides is 1. The molecule has 0 aromatic heterocycles. The molecule has 2 aliphatic rings. The molecule has 20 heavy (non-hydrogen) atoms. The summed E-state index contributed by atoms with van der Waals surface area (Å²) < 4.78 is 5.85. The van der Waals surface area contributed by atoms with Gasteiger partial charge in [0.05, 0.1) is 13.2 Å². The third kappa shape index (κ3) is 2.88. The van der Waals surface area contributed by atoms with Crippen LogP contribution in [0.2, 0.25) is 0 Å². The van der Waals surface area contributed by atoms with Gasteiger partial charge < -0.3 is 9.64 Å². The highest BCUT2D eigenvalue weighted by atomic mass is 16.5. The Hall–Kier alpha value is -1.35. The summed E-state index contributed by atoms with van der Waals surface area (Å²) in [6.45, 7) is 4.19. The molecule has 108 valence electrons. The van der Waals surface area contributed by atoms with Crippen LogP contribution >= 0.6 is 0 Å².